The normalized spacial score (nSPS) is 16.6. The van der Waals surface area contributed by atoms with Crippen LogP contribution in [0.25, 0.3) is 0 Å². The van der Waals surface area contributed by atoms with E-state index in [-0.39, 0.29) is 18.1 Å². The SMILES string of the molecule is CC(=O)CC(=O)N1CCN(C=O)CC1. The second-order valence-corrected chi connectivity index (χ2v) is 3.40. The van der Waals surface area contributed by atoms with Gasteiger partial charge >= 0.3 is 0 Å². The Morgan fingerprint density at radius 1 is 1.21 bits per heavy atom. The third-order valence-corrected chi connectivity index (χ3v) is 2.22. The van der Waals surface area contributed by atoms with E-state index in [2.05, 4.69) is 0 Å². The second-order valence-electron chi connectivity index (χ2n) is 3.40. The Morgan fingerprint density at radius 2 is 1.79 bits per heavy atom. The van der Waals surface area contributed by atoms with E-state index in [0.717, 1.165) is 6.41 Å². The van der Waals surface area contributed by atoms with Gasteiger partial charge in [0.25, 0.3) is 0 Å². The molecule has 14 heavy (non-hydrogen) atoms. The molecule has 0 aromatic rings. The summed E-state index contributed by atoms with van der Waals surface area (Å²) in [6.07, 6.45) is 0.758. The number of Topliss-reactive ketones (excluding diaryl/α,β-unsaturated/α-hetero) is 1. The molecule has 5 heteroatoms. The summed E-state index contributed by atoms with van der Waals surface area (Å²) in [5, 5.41) is 0. The number of carbonyl (C=O) groups excluding carboxylic acids is 3. The molecule has 5 nitrogen and oxygen atoms in total. The fourth-order valence-electron chi connectivity index (χ4n) is 1.40. The van der Waals surface area contributed by atoms with Crippen molar-refractivity contribution in [2.24, 2.45) is 0 Å². The molecule has 0 bridgehead atoms. The smallest absolute Gasteiger partial charge is 0.230 e. The maximum atomic E-state index is 11.4. The van der Waals surface area contributed by atoms with Crippen LogP contribution in [-0.4, -0.2) is 54.1 Å². The van der Waals surface area contributed by atoms with Crippen molar-refractivity contribution in [2.75, 3.05) is 26.2 Å². The average molecular weight is 198 g/mol. The molecule has 78 valence electrons. The predicted octanol–water partition coefficient (Wildman–Crippen LogP) is -0.734. The topological polar surface area (TPSA) is 57.7 Å². The molecule has 0 aromatic heterocycles. The van der Waals surface area contributed by atoms with Gasteiger partial charge in [0.05, 0.1) is 6.42 Å². The summed E-state index contributed by atoms with van der Waals surface area (Å²) in [6, 6.07) is 0. The molecule has 2 amide bonds. The van der Waals surface area contributed by atoms with Crippen LogP contribution in [0.3, 0.4) is 0 Å². The van der Waals surface area contributed by atoms with Gasteiger partial charge in [0, 0.05) is 26.2 Å². The highest BCUT2D eigenvalue weighted by Gasteiger charge is 2.20. The van der Waals surface area contributed by atoms with Crippen LogP contribution in [0, 0.1) is 0 Å². The lowest BCUT2D eigenvalue weighted by Crippen LogP contribution is -2.48. The highest BCUT2D eigenvalue weighted by atomic mass is 16.2. The summed E-state index contributed by atoms with van der Waals surface area (Å²) in [6.45, 7) is 3.59. The van der Waals surface area contributed by atoms with Gasteiger partial charge in [-0.3, -0.25) is 14.4 Å². The molecular weight excluding hydrogens is 184 g/mol. The standard InChI is InChI=1S/C9H14N2O3/c1-8(13)6-9(14)11-4-2-10(7-12)3-5-11/h7H,2-6H2,1H3. The summed E-state index contributed by atoms with van der Waals surface area (Å²) >= 11 is 0. The summed E-state index contributed by atoms with van der Waals surface area (Å²) < 4.78 is 0. The second kappa shape index (κ2) is 4.74. The van der Waals surface area contributed by atoms with E-state index in [1.807, 2.05) is 0 Å². The fourth-order valence-corrected chi connectivity index (χ4v) is 1.40. The van der Waals surface area contributed by atoms with E-state index in [9.17, 15) is 14.4 Å². The van der Waals surface area contributed by atoms with Gasteiger partial charge in [-0.25, -0.2) is 0 Å². The Hall–Kier alpha value is -1.39. The lowest BCUT2D eigenvalue weighted by molar-refractivity contribution is -0.138. The minimum absolute atomic E-state index is 0.0267. The van der Waals surface area contributed by atoms with Gasteiger partial charge in [0.2, 0.25) is 12.3 Å². The number of nitrogens with zero attached hydrogens (tertiary/aromatic N) is 2. The molecule has 0 saturated carbocycles. The average Bonchev–Trinajstić information content (AvgIpc) is 2.17. The molecule has 0 radical (unpaired) electrons. The van der Waals surface area contributed by atoms with Crippen molar-refractivity contribution < 1.29 is 14.4 Å². The Balaban J connectivity index is 2.37. The van der Waals surface area contributed by atoms with Gasteiger partial charge in [-0.05, 0) is 6.92 Å². The summed E-state index contributed by atoms with van der Waals surface area (Å²) in [4.78, 5) is 35.7. The lowest BCUT2D eigenvalue weighted by Gasteiger charge is -2.32. The van der Waals surface area contributed by atoms with Gasteiger partial charge in [-0.1, -0.05) is 0 Å². The third-order valence-electron chi connectivity index (χ3n) is 2.22. The number of ketones is 1. The fraction of sp³-hybridized carbons (Fsp3) is 0.667. The van der Waals surface area contributed by atoms with E-state index in [1.165, 1.54) is 6.92 Å². The monoisotopic (exact) mass is 198 g/mol. The highest BCUT2D eigenvalue weighted by molar-refractivity contribution is 5.96. The molecule has 1 saturated heterocycles. The molecule has 0 aliphatic carbocycles. The number of hydrogen-bond donors (Lipinski definition) is 0. The Kier molecular flexibility index (Phi) is 3.62. The first-order valence-electron chi connectivity index (χ1n) is 4.60. The summed E-state index contributed by atoms with van der Waals surface area (Å²) in [5.74, 6) is -0.254. The van der Waals surface area contributed by atoms with Crippen LogP contribution in [0.2, 0.25) is 0 Å². The van der Waals surface area contributed by atoms with Crippen LogP contribution in [-0.2, 0) is 14.4 Å². The third kappa shape index (κ3) is 2.83. The number of rotatable bonds is 3. The molecule has 0 unspecified atom stereocenters. The van der Waals surface area contributed by atoms with Crippen molar-refractivity contribution >= 4 is 18.1 Å². The molecule has 0 spiro atoms. The molecule has 0 atom stereocenters. The molecule has 1 aliphatic rings. The van der Waals surface area contributed by atoms with E-state index >= 15 is 0 Å². The maximum absolute atomic E-state index is 11.4. The Labute approximate surface area is 82.7 Å². The van der Waals surface area contributed by atoms with Crippen LogP contribution in [0.1, 0.15) is 13.3 Å². The first kappa shape index (κ1) is 10.7. The molecule has 1 fully saturated rings. The zero-order chi connectivity index (χ0) is 10.6. The summed E-state index contributed by atoms with van der Waals surface area (Å²) in [7, 11) is 0. The maximum Gasteiger partial charge on any atom is 0.230 e. The molecule has 0 N–H and O–H groups in total. The van der Waals surface area contributed by atoms with E-state index in [1.54, 1.807) is 9.80 Å². The van der Waals surface area contributed by atoms with Gasteiger partial charge in [0.1, 0.15) is 5.78 Å². The largest absolute Gasteiger partial charge is 0.342 e. The van der Waals surface area contributed by atoms with E-state index in [4.69, 9.17) is 0 Å². The van der Waals surface area contributed by atoms with Crippen LogP contribution in [0.15, 0.2) is 0 Å². The van der Waals surface area contributed by atoms with Crippen LogP contribution >= 0.6 is 0 Å². The van der Waals surface area contributed by atoms with Gasteiger partial charge < -0.3 is 9.80 Å². The zero-order valence-corrected chi connectivity index (χ0v) is 8.23. The van der Waals surface area contributed by atoms with Crippen molar-refractivity contribution in [2.45, 2.75) is 13.3 Å². The zero-order valence-electron chi connectivity index (χ0n) is 8.23. The van der Waals surface area contributed by atoms with Crippen molar-refractivity contribution in [1.82, 2.24) is 9.80 Å². The van der Waals surface area contributed by atoms with Gasteiger partial charge in [-0.15, -0.1) is 0 Å². The number of piperazine rings is 1. The molecule has 1 rings (SSSR count). The predicted molar refractivity (Wildman–Crippen MR) is 49.5 cm³/mol. The van der Waals surface area contributed by atoms with Gasteiger partial charge in [0.15, 0.2) is 0 Å². The Morgan fingerprint density at radius 3 is 2.21 bits per heavy atom. The quantitative estimate of drug-likeness (QED) is 0.443. The molecular formula is C9H14N2O3. The van der Waals surface area contributed by atoms with Crippen molar-refractivity contribution in [3.05, 3.63) is 0 Å². The van der Waals surface area contributed by atoms with Gasteiger partial charge in [-0.2, -0.15) is 0 Å². The molecule has 1 heterocycles. The van der Waals surface area contributed by atoms with E-state index < -0.39 is 0 Å². The minimum Gasteiger partial charge on any atom is -0.342 e. The van der Waals surface area contributed by atoms with Crippen LogP contribution < -0.4 is 0 Å². The van der Waals surface area contributed by atoms with Crippen LogP contribution in [0.4, 0.5) is 0 Å². The highest BCUT2D eigenvalue weighted by Crippen LogP contribution is 2.02. The first-order chi connectivity index (χ1) is 6.63. The lowest BCUT2D eigenvalue weighted by atomic mass is 10.2. The molecule has 0 aromatic carbocycles. The molecule has 1 aliphatic heterocycles. The van der Waals surface area contributed by atoms with E-state index in [0.29, 0.717) is 26.2 Å². The Bertz CT molecular complexity index is 244. The minimum atomic E-state index is -0.136. The summed E-state index contributed by atoms with van der Waals surface area (Å²) in [5.41, 5.74) is 0. The van der Waals surface area contributed by atoms with Crippen LogP contribution in [0.5, 0.6) is 0 Å². The number of hydrogen-bond acceptors (Lipinski definition) is 3. The van der Waals surface area contributed by atoms with Crippen molar-refractivity contribution in [3.8, 4) is 0 Å². The van der Waals surface area contributed by atoms with Crippen molar-refractivity contribution in [3.63, 3.8) is 0 Å². The number of carbonyl (C=O) groups is 3. The first-order valence-corrected chi connectivity index (χ1v) is 4.60. The number of amides is 2. The van der Waals surface area contributed by atoms with Crippen molar-refractivity contribution in [1.29, 1.82) is 0 Å².